The fourth-order valence-electron chi connectivity index (χ4n) is 3.95. The number of carbonyl (C=O) groups is 3. The van der Waals surface area contributed by atoms with Crippen LogP contribution in [0.15, 0.2) is 48.5 Å². The van der Waals surface area contributed by atoms with Crippen LogP contribution in [0.1, 0.15) is 53.5 Å². The number of aromatic nitrogens is 2. The van der Waals surface area contributed by atoms with E-state index in [1.54, 1.807) is 29.2 Å². The fraction of sp³-hybridized carbons (Fsp3) is 0.360. The smallest absolute Gasteiger partial charge is 0.338 e. The van der Waals surface area contributed by atoms with Gasteiger partial charge in [0.25, 0.3) is 5.91 Å². The molecule has 2 N–H and O–H groups in total. The molecule has 8 nitrogen and oxygen atoms in total. The highest BCUT2D eigenvalue weighted by atomic mass is 16.5. The Labute approximate surface area is 192 Å². The number of aromatic amines is 1. The Kier molecular flexibility index (Phi) is 7.02. The zero-order valence-electron chi connectivity index (χ0n) is 18.7. The minimum absolute atomic E-state index is 0.0782. The number of benzene rings is 2. The second-order valence-electron chi connectivity index (χ2n) is 8.24. The van der Waals surface area contributed by atoms with Crippen LogP contribution in [0.4, 0.5) is 5.69 Å². The Balaban J connectivity index is 1.29. The first-order chi connectivity index (χ1) is 16.1. The molecule has 33 heavy (non-hydrogen) atoms. The minimum atomic E-state index is -0.358. The van der Waals surface area contributed by atoms with Crippen molar-refractivity contribution in [1.82, 2.24) is 15.1 Å². The van der Waals surface area contributed by atoms with Crippen molar-refractivity contribution < 1.29 is 19.1 Å². The van der Waals surface area contributed by atoms with E-state index in [0.29, 0.717) is 49.5 Å². The Morgan fingerprint density at radius 2 is 1.82 bits per heavy atom. The number of rotatable bonds is 7. The van der Waals surface area contributed by atoms with E-state index in [9.17, 15) is 14.4 Å². The predicted molar refractivity (Wildman–Crippen MR) is 125 cm³/mol. The molecule has 2 heterocycles. The van der Waals surface area contributed by atoms with E-state index >= 15 is 0 Å². The van der Waals surface area contributed by atoms with Crippen LogP contribution < -0.4 is 5.32 Å². The van der Waals surface area contributed by atoms with Gasteiger partial charge in [0.15, 0.2) is 5.69 Å². The number of nitrogens with zero attached hydrogens (tertiary/aromatic N) is 2. The molecule has 0 atom stereocenters. The highest BCUT2D eigenvalue weighted by molar-refractivity contribution is 6.04. The van der Waals surface area contributed by atoms with Gasteiger partial charge >= 0.3 is 5.97 Å². The molecule has 8 heteroatoms. The molecule has 0 radical (unpaired) electrons. The molecular weight excluding hydrogens is 420 g/mol. The molecule has 1 aromatic heterocycles. The van der Waals surface area contributed by atoms with Crippen LogP contribution >= 0.6 is 0 Å². The van der Waals surface area contributed by atoms with Crippen LogP contribution in [0.25, 0.3) is 10.9 Å². The lowest BCUT2D eigenvalue weighted by Gasteiger charge is -2.31. The van der Waals surface area contributed by atoms with Crippen LogP contribution in [0.2, 0.25) is 0 Å². The fourth-order valence-corrected chi connectivity index (χ4v) is 3.95. The number of amides is 2. The van der Waals surface area contributed by atoms with E-state index in [2.05, 4.69) is 15.5 Å². The van der Waals surface area contributed by atoms with Gasteiger partial charge in [0, 0.05) is 30.1 Å². The second kappa shape index (κ2) is 10.3. The molecule has 3 aromatic rings. The van der Waals surface area contributed by atoms with Gasteiger partial charge in [-0.15, -0.1) is 0 Å². The first-order valence-corrected chi connectivity index (χ1v) is 11.4. The average molecular weight is 449 g/mol. The highest BCUT2D eigenvalue weighted by Gasteiger charge is 2.29. The Morgan fingerprint density at radius 1 is 1.09 bits per heavy atom. The minimum Gasteiger partial charge on any atom is -0.462 e. The molecule has 0 aliphatic carbocycles. The number of ether oxygens (including phenoxy) is 1. The van der Waals surface area contributed by atoms with Crippen molar-refractivity contribution in [3.63, 3.8) is 0 Å². The van der Waals surface area contributed by atoms with Crippen molar-refractivity contribution in [2.75, 3.05) is 25.0 Å². The van der Waals surface area contributed by atoms with E-state index in [1.165, 1.54) is 0 Å². The number of piperidine rings is 1. The number of hydrogen-bond donors (Lipinski definition) is 2. The zero-order chi connectivity index (χ0) is 23.2. The van der Waals surface area contributed by atoms with Gasteiger partial charge in [0.2, 0.25) is 5.91 Å². The number of unbranched alkanes of at least 4 members (excludes halogenated alkanes) is 1. The third-order valence-corrected chi connectivity index (χ3v) is 5.95. The van der Waals surface area contributed by atoms with Crippen molar-refractivity contribution in [1.29, 1.82) is 0 Å². The van der Waals surface area contributed by atoms with Crippen LogP contribution in [-0.2, 0) is 9.53 Å². The SMILES string of the molecule is CCCCOC(=O)c1ccc(NC(=O)C2CCN(C(=O)c3n[nH]c4ccccc34)CC2)cc1. The van der Waals surface area contributed by atoms with E-state index < -0.39 is 0 Å². The predicted octanol–water partition coefficient (Wildman–Crippen LogP) is 4.01. The van der Waals surface area contributed by atoms with Gasteiger partial charge in [-0.05, 0) is 49.6 Å². The lowest BCUT2D eigenvalue weighted by molar-refractivity contribution is -0.121. The van der Waals surface area contributed by atoms with Crippen LogP contribution in [0.3, 0.4) is 0 Å². The molecule has 0 bridgehead atoms. The summed E-state index contributed by atoms with van der Waals surface area (Å²) in [7, 11) is 0. The quantitative estimate of drug-likeness (QED) is 0.420. The molecule has 2 amide bonds. The van der Waals surface area contributed by atoms with Gasteiger partial charge in [0.1, 0.15) is 0 Å². The first kappa shape index (κ1) is 22.5. The summed E-state index contributed by atoms with van der Waals surface area (Å²) in [5.41, 5.74) is 2.34. The van der Waals surface area contributed by atoms with Crippen molar-refractivity contribution in [2.45, 2.75) is 32.6 Å². The topological polar surface area (TPSA) is 104 Å². The molecule has 1 fully saturated rings. The molecule has 4 rings (SSSR count). The molecule has 1 aliphatic heterocycles. The van der Waals surface area contributed by atoms with Gasteiger partial charge < -0.3 is 15.0 Å². The molecule has 172 valence electrons. The van der Waals surface area contributed by atoms with Gasteiger partial charge in [-0.3, -0.25) is 14.7 Å². The monoisotopic (exact) mass is 448 g/mol. The first-order valence-electron chi connectivity index (χ1n) is 11.4. The van der Waals surface area contributed by atoms with Gasteiger partial charge in [-0.25, -0.2) is 4.79 Å². The van der Waals surface area contributed by atoms with Crippen molar-refractivity contribution in [3.8, 4) is 0 Å². The summed E-state index contributed by atoms with van der Waals surface area (Å²) in [5, 5.41) is 10.8. The number of para-hydroxylation sites is 1. The molecule has 1 saturated heterocycles. The standard InChI is InChI=1S/C25H28N4O4/c1-2-3-16-33-25(32)18-8-10-19(11-9-18)26-23(30)17-12-14-29(15-13-17)24(31)22-20-6-4-5-7-21(20)27-28-22/h4-11,17H,2-3,12-16H2,1H3,(H,26,30)(H,27,28). The summed E-state index contributed by atoms with van der Waals surface area (Å²) >= 11 is 0. The van der Waals surface area contributed by atoms with Gasteiger partial charge in [-0.2, -0.15) is 5.10 Å². The molecule has 1 aliphatic rings. The van der Waals surface area contributed by atoms with E-state index in [-0.39, 0.29) is 23.7 Å². The number of esters is 1. The summed E-state index contributed by atoms with van der Waals surface area (Å²) in [6.45, 7) is 3.45. The van der Waals surface area contributed by atoms with Crippen molar-refractivity contribution >= 4 is 34.4 Å². The maximum atomic E-state index is 12.9. The number of hydrogen-bond acceptors (Lipinski definition) is 5. The third kappa shape index (κ3) is 5.22. The lowest BCUT2D eigenvalue weighted by Crippen LogP contribution is -2.41. The maximum Gasteiger partial charge on any atom is 0.338 e. The van der Waals surface area contributed by atoms with E-state index in [0.717, 1.165) is 23.7 Å². The average Bonchev–Trinajstić information content (AvgIpc) is 3.28. The highest BCUT2D eigenvalue weighted by Crippen LogP contribution is 2.23. The third-order valence-electron chi connectivity index (χ3n) is 5.95. The van der Waals surface area contributed by atoms with Crippen molar-refractivity contribution in [3.05, 3.63) is 59.8 Å². The molecule has 0 spiro atoms. The van der Waals surface area contributed by atoms with Crippen LogP contribution in [0.5, 0.6) is 0 Å². The molecule has 0 saturated carbocycles. The molecule has 0 unspecified atom stereocenters. The summed E-state index contributed by atoms with van der Waals surface area (Å²) < 4.78 is 5.20. The summed E-state index contributed by atoms with van der Waals surface area (Å²) in [5.74, 6) is -0.731. The summed E-state index contributed by atoms with van der Waals surface area (Å²) in [4.78, 5) is 39.4. The van der Waals surface area contributed by atoms with Crippen molar-refractivity contribution in [2.24, 2.45) is 5.92 Å². The zero-order valence-corrected chi connectivity index (χ0v) is 18.7. The van der Waals surface area contributed by atoms with Crippen LogP contribution in [0, 0.1) is 5.92 Å². The van der Waals surface area contributed by atoms with Gasteiger partial charge in [0.05, 0.1) is 17.7 Å². The Morgan fingerprint density at radius 3 is 2.55 bits per heavy atom. The maximum absolute atomic E-state index is 12.9. The second-order valence-corrected chi connectivity index (χ2v) is 8.24. The molecular formula is C25H28N4O4. The normalized spacial score (nSPS) is 14.3. The number of fused-ring (bicyclic) bond motifs is 1. The number of likely N-dealkylation sites (tertiary alicyclic amines) is 1. The molecule has 2 aromatic carbocycles. The number of H-pyrrole nitrogens is 1. The number of nitrogens with one attached hydrogen (secondary N) is 2. The van der Waals surface area contributed by atoms with E-state index in [4.69, 9.17) is 4.74 Å². The van der Waals surface area contributed by atoms with Crippen LogP contribution in [-0.4, -0.2) is 52.6 Å². The number of carbonyl (C=O) groups excluding carboxylic acids is 3. The lowest BCUT2D eigenvalue weighted by atomic mass is 9.95. The number of anilines is 1. The van der Waals surface area contributed by atoms with Gasteiger partial charge in [-0.1, -0.05) is 31.5 Å². The Bertz CT molecular complexity index is 1130. The van der Waals surface area contributed by atoms with E-state index in [1.807, 2.05) is 31.2 Å². The summed E-state index contributed by atoms with van der Waals surface area (Å²) in [6.07, 6.45) is 2.97. The Hall–Kier alpha value is -3.68. The largest absolute Gasteiger partial charge is 0.462 e. The summed E-state index contributed by atoms with van der Waals surface area (Å²) in [6, 6.07) is 14.3.